The van der Waals surface area contributed by atoms with E-state index < -0.39 is 44.1 Å². The summed E-state index contributed by atoms with van der Waals surface area (Å²) in [5.74, 6) is -4.21. The van der Waals surface area contributed by atoms with Crippen LogP contribution in [0, 0.1) is 17.5 Å². The SMILES string of the molecule is CN1CC2(CN(S(=O)(=O)c3c(F)cc(F)cc3F)C2)OC1=O. The summed E-state index contributed by atoms with van der Waals surface area (Å²) >= 11 is 0. The second-order valence-electron chi connectivity index (χ2n) is 5.38. The number of nitrogens with zero attached hydrogens (tertiary/aromatic N) is 2. The molecular formula is C12H11F3N2O4S. The molecule has 0 radical (unpaired) electrons. The third-order valence-corrected chi connectivity index (χ3v) is 5.47. The number of rotatable bonds is 2. The van der Waals surface area contributed by atoms with Gasteiger partial charge in [0.15, 0.2) is 10.5 Å². The lowest BCUT2D eigenvalue weighted by atomic mass is 9.97. The Hall–Kier alpha value is -1.81. The first-order valence-electron chi connectivity index (χ1n) is 6.23. The summed E-state index contributed by atoms with van der Waals surface area (Å²) < 4.78 is 70.5. The van der Waals surface area contributed by atoms with Crippen LogP contribution in [-0.4, -0.2) is 56.0 Å². The minimum absolute atomic E-state index is 0.187. The number of hydrogen-bond donors (Lipinski definition) is 0. The molecule has 2 fully saturated rings. The second kappa shape index (κ2) is 4.59. The quantitative estimate of drug-likeness (QED) is 0.806. The van der Waals surface area contributed by atoms with Gasteiger partial charge < -0.3 is 9.64 Å². The van der Waals surface area contributed by atoms with Crippen LogP contribution in [0.15, 0.2) is 17.0 Å². The molecule has 10 heteroatoms. The number of carbonyl (C=O) groups is 1. The molecule has 1 spiro atoms. The first-order chi connectivity index (χ1) is 10.1. The molecule has 1 amide bonds. The van der Waals surface area contributed by atoms with Crippen molar-refractivity contribution in [3.63, 3.8) is 0 Å². The van der Waals surface area contributed by atoms with Gasteiger partial charge in [0, 0.05) is 19.2 Å². The minimum atomic E-state index is -4.47. The van der Waals surface area contributed by atoms with Crippen molar-refractivity contribution in [3.05, 3.63) is 29.6 Å². The molecule has 2 heterocycles. The Bertz CT molecular complexity index is 739. The Balaban J connectivity index is 1.87. The highest BCUT2D eigenvalue weighted by Crippen LogP contribution is 2.36. The van der Waals surface area contributed by atoms with E-state index in [2.05, 4.69) is 0 Å². The molecule has 0 atom stereocenters. The van der Waals surface area contributed by atoms with E-state index in [1.54, 1.807) is 0 Å². The molecule has 6 nitrogen and oxygen atoms in total. The average Bonchev–Trinajstić information content (AvgIpc) is 2.62. The third-order valence-electron chi connectivity index (χ3n) is 3.63. The zero-order valence-corrected chi connectivity index (χ0v) is 12.2. The van der Waals surface area contributed by atoms with Gasteiger partial charge in [0.25, 0.3) is 0 Å². The van der Waals surface area contributed by atoms with Gasteiger partial charge in [-0.2, -0.15) is 4.31 Å². The number of ether oxygens (including phenoxy) is 1. The van der Waals surface area contributed by atoms with E-state index in [9.17, 15) is 26.4 Å². The van der Waals surface area contributed by atoms with Gasteiger partial charge in [0.2, 0.25) is 10.0 Å². The lowest BCUT2D eigenvalue weighted by molar-refractivity contribution is -0.0337. The number of benzene rings is 1. The van der Waals surface area contributed by atoms with Gasteiger partial charge in [-0.3, -0.25) is 0 Å². The van der Waals surface area contributed by atoms with Gasteiger partial charge in [0.05, 0.1) is 19.6 Å². The molecule has 0 aromatic heterocycles. The number of sulfonamides is 1. The number of likely N-dealkylation sites (N-methyl/N-ethyl adjacent to an activating group) is 1. The minimum Gasteiger partial charge on any atom is -0.438 e. The zero-order valence-electron chi connectivity index (χ0n) is 11.3. The monoisotopic (exact) mass is 336 g/mol. The Morgan fingerprint density at radius 1 is 1.14 bits per heavy atom. The maximum absolute atomic E-state index is 13.6. The van der Waals surface area contributed by atoms with Crippen molar-refractivity contribution in [2.24, 2.45) is 0 Å². The summed E-state index contributed by atoms with van der Waals surface area (Å²) in [6, 6.07) is 0.601. The third kappa shape index (κ3) is 2.13. The second-order valence-corrected chi connectivity index (χ2v) is 7.25. The number of halogens is 3. The topological polar surface area (TPSA) is 66.9 Å². The molecule has 0 bridgehead atoms. The van der Waals surface area contributed by atoms with Crippen LogP contribution in [0.5, 0.6) is 0 Å². The Labute approximate surface area is 124 Å². The molecule has 2 aliphatic heterocycles. The van der Waals surface area contributed by atoms with Gasteiger partial charge in [-0.25, -0.2) is 26.4 Å². The maximum Gasteiger partial charge on any atom is 0.410 e. The molecule has 0 aliphatic carbocycles. The highest BCUT2D eigenvalue weighted by Gasteiger charge is 2.56. The molecule has 0 N–H and O–H groups in total. The summed E-state index contributed by atoms with van der Waals surface area (Å²) in [7, 11) is -2.98. The molecule has 1 aromatic rings. The van der Waals surface area contributed by atoms with Crippen LogP contribution < -0.4 is 0 Å². The van der Waals surface area contributed by atoms with Crippen LogP contribution in [0.3, 0.4) is 0 Å². The molecule has 2 saturated heterocycles. The number of carbonyl (C=O) groups excluding carboxylic acids is 1. The molecule has 0 unspecified atom stereocenters. The summed E-state index contributed by atoms with van der Waals surface area (Å²) in [5, 5.41) is 0. The molecule has 22 heavy (non-hydrogen) atoms. The Morgan fingerprint density at radius 2 is 1.68 bits per heavy atom. The van der Waals surface area contributed by atoms with Gasteiger partial charge in [-0.05, 0) is 0 Å². The first-order valence-corrected chi connectivity index (χ1v) is 7.67. The van der Waals surface area contributed by atoms with Gasteiger partial charge in [-0.15, -0.1) is 0 Å². The van der Waals surface area contributed by atoms with Crippen molar-refractivity contribution in [1.82, 2.24) is 9.21 Å². The fraction of sp³-hybridized carbons (Fsp3) is 0.417. The van der Waals surface area contributed by atoms with E-state index in [1.165, 1.54) is 11.9 Å². The van der Waals surface area contributed by atoms with Gasteiger partial charge >= 0.3 is 6.09 Å². The van der Waals surface area contributed by atoms with Gasteiger partial charge in [-0.1, -0.05) is 0 Å². The summed E-state index contributed by atoms with van der Waals surface area (Å²) in [6.07, 6.45) is -0.587. The smallest absolute Gasteiger partial charge is 0.410 e. The molecule has 0 saturated carbocycles. The van der Waals surface area contributed by atoms with E-state index in [0.29, 0.717) is 12.1 Å². The molecule has 1 aromatic carbocycles. The number of hydrogen-bond acceptors (Lipinski definition) is 4. The normalized spacial score (nSPS) is 21.1. The lowest BCUT2D eigenvalue weighted by Crippen LogP contribution is -2.65. The van der Waals surface area contributed by atoms with E-state index in [0.717, 1.165) is 4.31 Å². The highest BCUT2D eigenvalue weighted by atomic mass is 32.2. The Kier molecular flexibility index (Phi) is 3.15. The predicted molar refractivity (Wildman–Crippen MR) is 66.9 cm³/mol. The van der Waals surface area contributed by atoms with E-state index in [4.69, 9.17) is 4.74 Å². The van der Waals surface area contributed by atoms with Crippen LogP contribution >= 0.6 is 0 Å². The predicted octanol–water partition coefficient (Wildman–Crippen LogP) is 0.929. The summed E-state index contributed by atoms with van der Waals surface area (Å²) in [5.41, 5.74) is -0.994. The first kappa shape index (κ1) is 15.1. The van der Waals surface area contributed by atoms with Crippen LogP contribution in [0.25, 0.3) is 0 Å². The van der Waals surface area contributed by atoms with Crippen LogP contribution in [-0.2, 0) is 14.8 Å². The fourth-order valence-electron chi connectivity index (χ4n) is 2.63. The van der Waals surface area contributed by atoms with Gasteiger partial charge in [0.1, 0.15) is 17.5 Å². The summed E-state index contributed by atoms with van der Waals surface area (Å²) in [6.45, 7) is -0.227. The van der Waals surface area contributed by atoms with E-state index in [-0.39, 0.29) is 19.6 Å². The average molecular weight is 336 g/mol. The van der Waals surface area contributed by atoms with Crippen LogP contribution in [0.4, 0.5) is 18.0 Å². The molecular weight excluding hydrogens is 325 g/mol. The standard InChI is InChI=1S/C12H11F3N2O4S/c1-16-4-12(21-11(16)18)5-17(6-12)22(19,20)10-8(14)2-7(13)3-9(10)15/h2-3H,4-6H2,1H3. The van der Waals surface area contributed by atoms with E-state index in [1.807, 2.05) is 0 Å². The van der Waals surface area contributed by atoms with Crippen molar-refractivity contribution >= 4 is 16.1 Å². The lowest BCUT2D eigenvalue weighted by Gasteiger charge is -2.44. The van der Waals surface area contributed by atoms with Crippen LogP contribution in [0.1, 0.15) is 0 Å². The van der Waals surface area contributed by atoms with Crippen molar-refractivity contribution in [3.8, 4) is 0 Å². The summed E-state index contributed by atoms with van der Waals surface area (Å²) in [4.78, 5) is 11.4. The molecule has 120 valence electrons. The van der Waals surface area contributed by atoms with Crippen LogP contribution in [0.2, 0.25) is 0 Å². The molecule has 3 rings (SSSR count). The highest BCUT2D eigenvalue weighted by molar-refractivity contribution is 7.89. The van der Waals surface area contributed by atoms with Crippen molar-refractivity contribution in [2.45, 2.75) is 10.5 Å². The number of amides is 1. The van der Waals surface area contributed by atoms with Crippen molar-refractivity contribution in [1.29, 1.82) is 0 Å². The zero-order chi connectivity index (χ0) is 16.3. The van der Waals surface area contributed by atoms with Crippen molar-refractivity contribution < 1.29 is 31.1 Å². The van der Waals surface area contributed by atoms with E-state index >= 15 is 0 Å². The fourth-order valence-corrected chi connectivity index (χ4v) is 4.31. The Morgan fingerprint density at radius 3 is 2.14 bits per heavy atom. The molecule has 2 aliphatic rings. The maximum atomic E-state index is 13.6. The largest absolute Gasteiger partial charge is 0.438 e. The van der Waals surface area contributed by atoms with Crippen molar-refractivity contribution in [2.75, 3.05) is 26.7 Å².